The SMILES string of the molecule is O=S1(=O)NS(=O)(=O)C(F)(F)C(F)(F)CC1(F)F. The van der Waals surface area contributed by atoms with Gasteiger partial charge < -0.3 is 0 Å². The molecule has 1 heterocycles. The Morgan fingerprint density at radius 3 is 1.65 bits per heavy atom. The number of hydrogen-bond acceptors (Lipinski definition) is 4. The largest absolute Gasteiger partial charge is 0.421 e. The first-order valence-electron chi connectivity index (χ1n) is 3.57. The van der Waals surface area contributed by atoms with E-state index in [0.29, 0.717) is 0 Å². The van der Waals surface area contributed by atoms with Crippen LogP contribution in [0.5, 0.6) is 0 Å². The Bertz CT molecular complexity index is 536. The highest BCUT2D eigenvalue weighted by molar-refractivity contribution is 8.05. The van der Waals surface area contributed by atoms with Crippen molar-refractivity contribution in [3.63, 3.8) is 0 Å². The molecule has 5 nitrogen and oxygen atoms in total. The van der Waals surface area contributed by atoms with Crippen LogP contribution in [-0.2, 0) is 20.0 Å². The van der Waals surface area contributed by atoms with Gasteiger partial charge in [-0.25, -0.2) is 16.8 Å². The van der Waals surface area contributed by atoms with Crippen LogP contribution in [0, 0.1) is 0 Å². The van der Waals surface area contributed by atoms with Crippen molar-refractivity contribution in [2.45, 2.75) is 22.9 Å². The van der Waals surface area contributed by atoms with Crippen molar-refractivity contribution in [3.05, 3.63) is 0 Å². The fourth-order valence-electron chi connectivity index (χ4n) is 0.911. The molecule has 1 N–H and O–H groups in total. The van der Waals surface area contributed by atoms with E-state index in [1.54, 1.807) is 0 Å². The highest BCUT2D eigenvalue weighted by Gasteiger charge is 2.74. The molecule has 0 unspecified atom stereocenters. The fraction of sp³-hybridized carbons (Fsp3) is 1.00. The Hall–Kier alpha value is -0.560. The number of rotatable bonds is 0. The van der Waals surface area contributed by atoms with Crippen LogP contribution in [0.1, 0.15) is 6.42 Å². The predicted molar refractivity (Wildman–Crippen MR) is 40.4 cm³/mol. The van der Waals surface area contributed by atoms with Crippen molar-refractivity contribution in [1.29, 1.82) is 0 Å². The maximum absolute atomic E-state index is 12.7. The van der Waals surface area contributed by atoms with E-state index in [2.05, 4.69) is 0 Å². The second-order valence-corrected chi connectivity index (χ2v) is 6.92. The van der Waals surface area contributed by atoms with Crippen LogP contribution in [0.3, 0.4) is 0 Å². The van der Waals surface area contributed by atoms with E-state index in [-0.39, 0.29) is 4.13 Å². The van der Waals surface area contributed by atoms with Gasteiger partial charge in [0.05, 0.1) is 6.42 Å². The van der Waals surface area contributed by atoms with Crippen molar-refractivity contribution in [2.24, 2.45) is 0 Å². The van der Waals surface area contributed by atoms with E-state index in [9.17, 15) is 43.2 Å². The fourth-order valence-corrected chi connectivity index (χ4v) is 3.81. The van der Waals surface area contributed by atoms with Crippen molar-refractivity contribution in [1.82, 2.24) is 4.13 Å². The van der Waals surface area contributed by atoms with Crippen LogP contribution >= 0.6 is 0 Å². The second kappa shape index (κ2) is 3.26. The van der Waals surface area contributed by atoms with Crippen molar-refractivity contribution < 1.29 is 43.2 Å². The summed E-state index contributed by atoms with van der Waals surface area (Å²) in [5.74, 6) is -5.73. The summed E-state index contributed by atoms with van der Waals surface area (Å²) in [7, 11) is -12.7. The number of hydrogen-bond donors (Lipinski definition) is 1. The Balaban J connectivity index is 3.61. The molecular weight excluding hydrogens is 304 g/mol. The smallest absolute Gasteiger partial charge is 0.205 e. The van der Waals surface area contributed by atoms with E-state index in [4.69, 9.17) is 0 Å². The van der Waals surface area contributed by atoms with Gasteiger partial charge in [0.25, 0.3) is 20.0 Å². The van der Waals surface area contributed by atoms with E-state index < -0.39 is 42.9 Å². The lowest BCUT2D eigenvalue weighted by molar-refractivity contribution is -0.182. The van der Waals surface area contributed by atoms with Gasteiger partial charge in [-0.05, 0) is 0 Å². The molecule has 0 spiro atoms. The predicted octanol–water partition coefficient (Wildman–Crippen LogP) is 0.460. The highest BCUT2D eigenvalue weighted by atomic mass is 32.3. The molecule has 1 saturated heterocycles. The van der Waals surface area contributed by atoms with Gasteiger partial charge in [-0.3, -0.25) is 0 Å². The van der Waals surface area contributed by atoms with E-state index >= 15 is 0 Å². The minimum atomic E-state index is -6.49. The Morgan fingerprint density at radius 2 is 1.24 bits per heavy atom. The summed E-state index contributed by atoms with van der Waals surface area (Å²) in [4.78, 5) is 0. The van der Waals surface area contributed by atoms with Crippen LogP contribution in [0.25, 0.3) is 0 Å². The molecule has 0 radical (unpaired) electrons. The van der Waals surface area contributed by atoms with E-state index in [1.165, 1.54) is 0 Å². The second-order valence-electron chi connectivity index (χ2n) is 3.13. The van der Waals surface area contributed by atoms with Crippen LogP contribution in [0.4, 0.5) is 26.3 Å². The zero-order valence-electron chi connectivity index (χ0n) is 7.42. The molecule has 1 rings (SSSR count). The topological polar surface area (TPSA) is 80.3 Å². The minimum Gasteiger partial charge on any atom is -0.205 e. The van der Waals surface area contributed by atoms with Crippen LogP contribution < -0.4 is 4.13 Å². The lowest BCUT2D eigenvalue weighted by Crippen LogP contribution is -2.50. The molecule has 0 aromatic heterocycles. The molecule has 0 aliphatic carbocycles. The zero-order chi connectivity index (χ0) is 13.9. The Kier molecular flexibility index (Phi) is 2.78. The zero-order valence-corrected chi connectivity index (χ0v) is 9.06. The summed E-state index contributed by atoms with van der Waals surface area (Å²) in [6.45, 7) is 0. The molecule has 0 atom stereocenters. The number of sulfonamides is 2. The molecule has 1 aliphatic rings. The first-order chi connectivity index (χ1) is 7.16. The molecule has 1 aliphatic heterocycles. The molecule has 102 valence electrons. The van der Waals surface area contributed by atoms with E-state index in [1.807, 2.05) is 0 Å². The molecule has 0 aromatic rings. The molecule has 1 fully saturated rings. The maximum Gasteiger partial charge on any atom is 0.421 e. The monoisotopic (exact) mass is 307 g/mol. The number of nitrogens with one attached hydrogen (secondary N) is 1. The van der Waals surface area contributed by atoms with Gasteiger partial charge in [0.2, 0.25) is 0 Å². The van der Waals surface area contributed by atoms with Crippen molar-refractivity contribution in [3.8, 4) is 0 Å². The molecule has 13 heteroatoms. The summed E-state index contributed by atoms with van der Waals surface area (Å²) in [5.41, 5.74) is 0. The average molecular weight is 307 g/mol. The molecule has 0 aromatic carbocycles. The number of halogens is 6. The van der Waals surface area contributed by atoms with E-state index in [0.717, 1.165) is 0 Å². The maximum atomic E-state index is 12.7. The normalized spacial score (nSPS) is 32.6. The van der Waals surface area contributed by atoms with Gasteiger partial charge in [-0.1, -0.05) is 4.13 Å². The van der Waals surface area contributed by atoms with Gasteiger partial charge in [0, 0.05) is 0 Å². The van der Waals surface area contributed by atoms with Gasteiger partial charge in [-0.15, -0.1) is 0 Å². The van der Waals surface area contributed by atoms with Gasteiger partial charge in [-0.2, -0.15) is 26.3 Å². The van der Waals surface area contributed by atoms with Crippen LogP contribution in [0.2, 0.25) is 0 Å². The Morgan fingerprint density at radius 1 is 0.824 bits per heavy atom. The minimum absolute atomic E-state index is 0.105. The highest BCUT2D eigenvalue weighted by Crippen LogP contribution is 2.48. The first-order valence-corrected chi connectivity index (χ1v) is 6.54. The van der Waals surface area contributed by atoms with Crippen molar-refractivity contribution >= 4 is 20.0 Å². The summed E-state index contributed by atoms with van der Waals surface area (Å²) in [5, 5.41) is -11.3. The quantitative estimate of drug-likeness (QED) is 0.659. The summed E-state index contributed by atoms with van der Waals surface area (Å²) in [6, 6.07) is 0. The van der Waals surface area contributed by atoms with Gasteiger partial charge in [0.1, 0.15) is 0 Å². The van der Waals surface area contributed by atoms with Crippen molar-refractivity contribution in [2.75, 3.05) is 0 Å². The lowest BCUT2D eigenvalue weighted by atomic mass is 10.2. The van der Waals surface area contributed by atoms with Gasteiger partial charge in [0.15, 0.2) is 0 Å². The summed E-state index contributed by atoms with van der Waals surface area (Å²) >= 11 is 0. The third-order valence-corrected chi connectivity index (χ3v) is 5.46. The van der Waals surface area contributed by atoms with Crippen LogP contribution in [-0.4, -0.2) is 33.3 Å². The van der Waals surface area contributed by atoms with Gasteiger partial charge >= 0.3 is 16.4 Å². The molecule has 0 saturated carbocycles. The summed E-state index contributed by atoms with van der Waals surface area (Å²) in [6.07, 6.45) is -3.14. The standard InChI is InChI=1S/C4H3F6NO4S2/c5-2(6)1-3(7,8)16(12,13)11-17(14,15)4(2,9)10/h11H,1H2. The average Bonchev–Trinajstić information content (AvgIpc) is 1.98. The molecule has 17 heavy (non-hydrogen) atoms. The lowest BCUT2D eigenvalue weighted by Gasteiger charge is -2.22. The molecule has 0 amide bonds. The molecular formula is C4H3F6NO4S2. The first kappa shape index (κ1) is 14.5. The van der Waals surface area contributed by atoms with Crippen LogP contribution in [0.15, 0.2) is 0 Å². The third-order valence-electron chi connectivity index (χ3n) is 1.80. The number of alkyl halides is 6. The summed E-state index contributed by atoms with van der Waals surface area (Å²) < 4.78 is 118. The third kappa shape index (κ3) is 1.89. The Labute approximate surface area is 90.9 Å². The molecule has 0 bridgehead atoms.